The van der Waals surface area contributed by atoms with Crippen molar-refractivity contribution >= 4 is 38.3 Å². The number of nitrogens with zero attached hydrogens (tertiary/aromatic N) is 1. The van der Waals surface area contributed by atoms with E-state index in [0.29, 0.717) is 12.2 Å². The number of fused-ring (bicyclic) bond motifs is 1. The van der Waals surface area contributed by atoms with Gasteiger partial charge in [-0.3, -0.25) is 9.69 Å². The molecule has 3 aromatic rings. The highest BCUT2D eigenvalue weighted by Crippen LogP contribution is 2.32. The van der Waals surface area contributed by atoms with Crippen LogP contribution in [0.3, 0.4) is 0 Å². The summed E-state index contributed by atoms with van der Waals surface area (Å²) in [5.74, 6) is 0.704. The third-order valence-corrected chi connectivity index (χ3v) is 5.84. The van der Waals surface area contributed by atoms with Crippen molar-refractivity contribution in [1.29, 1.82) is 0 Å². The Morgan fingerprint density at radius 2 is 1.87 bits per heavy atom. The molecule has 1 fully saturated rings. The van der Waals surface area contributed by atoms with Gasteiger partial charge in [-0.25, -0.2) is 0 Å². The third kappa shape index (κ3) is 4.83. The average Bonchev–Trinajstić information content (AvgIpc) is 2.77. The van der Waals surface area contributed by atoms with E-state index < -0.39 is 0 Å². The maximum absolute atomic E-state index is 12.9. The number of hydrogen-bond donors (Lipinski definition) is 1. The van der Waals surface area contributed by atoms with Gasteiger partial charge in [0.1, 0.15) is 12.4 Å². The van der Waals surface area contributed by atoms with Crippen molar-refractivity contribution in [3.8, 4) is 5.75 Å². The molecular formula is C24H25BrN2O3. The fraction of sp³-hybridized carbons (Fsp3) is 0.292. The first-order valence-corrected chi connectivity index (χ1v) is 10.9. The Kier molecular flexibility index (Phi) is 6.67. The zero-order valence-corrected chi connectivity index (χ0v) is 18.6. The van der Waals surface area contributed by atoms with Gasteiger partial charge < -0.3 is 14.8 Å². The van der Waals surface area contributed by atoms with Gasteiger partial charge >= 0.3 is 0 Å². The Balaban J connectivity index is 1.51. The summed E-state index contributed by atoms with van der Waals surface area (Å²) in [5, 5.41) is 5.02. The largest absolute Gasteiger partial charge is 0.492 e. The number of rotatable bonds is 6. The number of hydrogen-bond acceptors (Lipinski definition) is 4. The summed E-state index contributed by atoms with van der Waals surface area (Å²) < 4.78 is 12.4. The number of carbonyl (C=O) groups is 1. The maximum atomic E-state index is 12.9. The van der Waals surface area contributed by atoms with Crippen LogP contribution in [0.1, 0.15) is 15.9 Å². The molecule has 1 N–H and O–H groups in total. The number of ether oxygens (including phenoxy) is 2. The monoisotopic (exact) mass is 468 g/mol. The number of benzene rings is 3. The predicted octanol–water partition coefficient (Wildman–Crippen LogP) is 4.87. The number of nitrogens with one attached hydrogen (secondary N) is 1. The summed E-state index contributed by atoms with van der Waals surface area (Å²) in [6.45, 7) is 6.90. The van der Waals surface area contributed by atoms with Gasteiger partial charge in [0.25, 0.3) is 5.91 Å². The Morgan fingerprint density at radius 3 is 2.67 bits per heavy atom. The molecule has 0 aromatic heterocycles. The van der Waals surface area contributed by atoms with Crippen LogP contribution in [-0.4, -0.2) is 50.3 Å². The van der Waals surface area contributed by atoms with Crippen molar-refractivity contribution < 1.29 is 14.3 Å². The fourth-order valence-corrected chi connectivity index (χ4v) is 4.01. The van der Waals surface area contributed by atoms with Gasteiger partial charge in [0, 0.05) is 46.1 Å². The minimum atomic E-state index is -0.125. The normalized spacial score (nSPS) is 14.6. The molecule has 0 radical (unpaired) electrons. The van der Waals surface area contributed by atoms with E-state index in [2.05, 4.69) is 26.1 Å². The average molecular weight is 469 g/mol. The van der Waals surface area contributed by atoms with Crippen LogP contribution < -0.4 is 10.1 Å². The number of morpholine rings is 1. The second-order valence-electron chi connectivity index (χ2n) is 7.37. The number of aryl methyl sites for hydroxylation is 1. The summed E-state index contributed by atoms with van der Waals surface area (Å²) in [6.07, 6.45) is 0. The van der Waals surface area contributed by atoms with E-state index in [1.165, 1.54) is 0 Å². The lowest BCUT2D eigenvalue weighted by molar-refractivity contribution is 0.0323. The first-order chi connectivity index (χ1) is 14.6. The van der Waals surface area contributed by atoms with E-state index >= 15 is 0 Å². The van der Waals surface area contributed by atoms with Crippen LogP contribution in [0.4, 0.5) is 5.69 Å². The van der Waals surface area contributed by atoms with Crippen molar-refractivity contribution in [2.24, 2.45) is 0 Å². The molecule has 6 heteroatoms. The lowest BCUT2D eigenvalue weighted by atomic mass is 10.1. The molecule has 156 valence electrons. The van der Waals surface area contributed by atoms with Crippen LogP contribution in [0, 0.1) is 6.92 Å². The van der Waals surface area contributed by atoms with Gasteiger partial charge in [-0.1, -0.05) is 46.3 Å². The molecule has 0 spiro atoms. The Morgan fingerprint density at radius 1 is 1.10 bits per heavy atom. The van der Waals surface area contributed by atoms with E-state index in [4.69, 9.17) is 9.47 Å². The summed E-state index contributed by atoms with van der Waals surface area (Å²) in [7, 11) is 0. The number of halogens is 1. The molecule has 1 aliphatic heterocycles. The Labute approximate surface area is 185 Å². The van der Waals surface area contributed by atoms with Crippen LogP contribution in [0.15, 0.2) is 59.1 Å². The molecule has 1 amide bonds. The van der Waals surface area contributed by atoms with Gasteiger partial charge in [0.05, 0.1) is 13.2 Å². The predicted molar refractivity (Wildman–Crippen MR) is 124 cm³/mol. The molecular weight excluding hydrogens is 444 g/mol. The topological polar surface area (TPSA) is 50.8 Å². The van der Waals surface area contributed by atoms with Crippen LogP contribution >= 0.6 is 15.9 Å². The molecule has 30 heavy (non-hydrogen) atoms. The maximum Gasteiger partial charge on any atom is 0.255 e. The van der Waals surface area contributed by atoms with Crippen LogP contribution in [-0.2, 0) is 4.74 Å². The number of anilines is 1. The summed E-state index contributed by atoms with van der Waals surface area (Å²) in [4.78, 5) is 15.2. The van der Waals surface area contributed by atoms with Crippen molar-refractivity contribution in [3.63, 3.8) is 0 Å². The minimum Gasteiger partial charge on any atom is -0.492 e. The Bertz CT molecular complexity index is 1050. The molecule has 1 aliphatic rings. The fourth-order valence-electron chi connectivity index (χ4n) is 3.64. The smallest absolute Gasteiger partial charge is 0.255 e. The molecule has 0 aliphatic carbocycles. The van der Waals surface area contributed by atoms with Gasteiger partial charge in [-0.15, -0.1) is 0 Å². The van der Waals surface area contributed by atoms with E-state index in [-0.39, 0.29) is 5.91 Å². The molecule has 1 saturated heterocycles. The van der Waals surface area contributed by atoms with Gasteiger partial charge in [0.15, 0.2) is 0 Å². The molecule has 0 saturated carbocycles. The highest BCUT2D eigenvalue weighted by atomic mass is 79.9. The quantitative estimate of drug-likeness (QED) is 0.560. The molecule has 4 rings (SSSR count). The first-order valence-electron chi connectivity index (χ1n) is 10.1. The first kappa shape index (κ1) is 20.8. The molecule has 0 unspecified atom stereocenters. The van der Waals surface area contributed by atoms with Crippen molar-refractivity contribution in [1.82, 2.24) is 4.90 Å². The van der Waals surface area contributed by atoms with Crippen molar-refractivity contribution in [2.45, 2.75) is 6.92 Å². The van der Waals surface area contributed by atoms with E-state index in [0.717, 1.165) is 65.1 Å². The SMILES string of the molecule is Cc1ccc(Br)cc1C(=O)Nc1ccc(OCCN2CCOCC2)c2ccccc12. The van der Waals surface area contributed by atoms with Crippen molar-refractivity contribution in [2.75, 3.05) is 44.8 Å². The number of carbonyl (C=O) groups excluding carboxylic acids is 1. The van der Waals surface area contributed by atoms with Gasteiger partial charge in [-0.2, -0.15) is 0 Å². The summed E-state index contributed by atoms with van der Waals surface area (Å²) >= 11 is 3.45. The van der Waals surface area contributed by atoms with Crippen LogP contribution in [0.25, 0.3) is 10.8 Å². The highest BCUT2D eigenvalue weighted by molar-refractivity contribution is 9.10. The molecule has 5 nitrogen and oxygen atoms in total. The summed E-state index contributed by atoms with van der Waals surface area (Å²) in [6, 6.07) is 17.6. The zero-order chi connectivity index (χ0) is 20.9. The van der Waals surface area contributed by atoms with Gasteiger partial charge in [0.2, 0.25) is 0 Å². The zero-order valence-electron chi connectivity index (χ0n) is 17.0. The molecule has 0 atom stereocenters. The summed E-state index contributed by atoms with van der Waals surface area (Å²) in [5.41, 5.74) is 2.36. The van der Waals surface area contributed by atoms with E-state index in [9.17, 15) is 4.79 Å². The highest BCUT2D eigenvalue weighted by Gasteiger charge is 2.14. The standard InChI is InChI=1S/C24H25BrN2O3/c1-17-6-7-18(25)16-21(17)24(28)26-22-8-9-23(20-5-3-2-4-19(20)22)30-15-12-27-10-13-29-14-11-27/h2-9,16H,10-15H2,1H3,(H,26,28). The molecule has 1 heterocycles. The number of amides is 1. The second-order valence-corrected chi connectivity index (χ2v) is 8.29. The minimum absolute atomic E-state index is 0.125. The molecule has 0 bridgehead atoms. The van der Waals surface area contributed by atoms with Gasteiger partial charge in [-0.05, 0) is 36.8 Å². The van der Waals surface area contributed by atoms with Crippen molar-refractivity contribution in [3.05, 3.63) is 70.2 Å². The lowest BCUT2D eigenvalue weighted by Gasteiger charge is -2.26. The van der Waals surface area contributed by atoms with E-state index in [1.54, 1.807) is 0 Å². The second kappa shape index (κ2) is 9.60. The van der Waals surface area contributed by atoms with Crippen LogP contribution in [0.2, 0.25) is 0 Å². The lowest BCUT2D eigenvalue weighted by Crippen LogP contribution is -2.38. The molecule has 3 aromatic carbocycles. The van der Waals surface area contributed by atoms with E-state index in [1.807, 2.05) is 61.5 Å². The third-order valence-electron chi connectivity index (χ3n) is 5.35. The Hall–Kier alpha value is -2.41. The van der Waals surface area contributed by atoms with Crippen LogP contribution in [0.5, 0.6) is 5.75 Å².